The van der Waals surface area contributed by atoms with Gasteiger partial charge in [-0.3, -0.25) is 4.79 Å². The lowest BCUT2D eigenvalue weighted by Gasteiger charge is -2.09. The summed E-state index contributed by atoms with van der Waals surface area (Å²) in [7, 11) is 0. The molecule has 2 aromatic carbocycles. The van der Waals surface area contributed by atoms with E-state index in [1.807, 2.05) is 36.4 Å². The van der Waals surface area contributed by atoms with Crippen molar-refractivity contribution in [1.82, 2.24) is 10.1 Å². The van der Waals surface area contributed by atoms with Crippen molar-refractivity contribution < 1.29 is 9.32 Å². The second-order valence-electron chi connectivity index (χ2n) is 5.80. The number of nitrogens with one attached hydrogen (secondary N) is 1. The molecule has 0 unspecified atom stereocenters. The van der Waals surface area contributed by atoms with Crippen molar-refractivity contribution in [2.75, 3.05) is 5.32 Å². The average molecular weight is 364 g/mol. The van der Waals surface area contributed by atoms with E-state index >= 15 is 0 Å². The Balaban J connectivity index is 1.84. The van der Waals surface area contributed by atoms with Crippen LogP contribution in [0.15, 0.2) is 65.2 Å². The summed E-state index contributed by atoms with van der Waals surface area (Å²) in [6, 6.07) is 18.4. The fourth-order valence-corrected chi connectivity index (χ4v) is 2.97. The second kappa shape index (κ2) is 6.61. The van der Waals surface area contributed by atoms with Gasteiger partial charge in [0.15, 0.2) is 0 Å². The summed E-state index contributed by atoms with van der Waals surface area (Å²) in [5.74, 6) is -0.297. The lowest BCUT2D eigenvalue weighted by molar-refractivity contribution is 0.102. The van der Waals surface area contributed by atoms with Crippen LogP contribution in [-0.4, -0.2) is 16.0 Å². The zero-order valence-electron chi connectivity index (χ0n) is 13.9. The number of amides is 1. The van der Waals surface area contributed by atoms with Crippen LogP contribution in [-0.2, 0) is 0 Å². The first-order chi connectivity index (χ1) is 12.6. The Labute approximate surface area is 154 Å². The molecule has 0 radical (unpaired) electrons. The zero-order chi connectivity index (χ0) is 18.1. The largest absolute Gasteiger partial charge is 0.335 e. The molecule has 0 aliphatic carbocycles. The number of para-hydroxylation sites is 1. The lowest BCUT2D eigenvalue weighted by Crippen LogP contribution is -2.13. The van der Waals surface area contributed by atoms with Gasteiger partial charge in [0.2, 0.25) is 0 Å². The molecular weight excluding hydrogens is 350 g/mol. The predicted octanol–water partition coefficient (Wildman–Crippen LogP) is 5.10. The summed E-state index contributed by atoms with van der Waals surface area (Å²) < 4.78 is 5.31. The van der Waals surface area contributed by atoms with E-state index < -0.39 is 0 Å². The molecule has 0 atom stereocenters. The fourth-order valence-electron chi connectivity index (χ4n) is 2.78. The number of hydrogen-bond donors (Lipinski definition) is 1. The first-order valence-corrected chi connectivity index (χ1v) is 8.39. The van der Waals surface area contributed by atoms with E-state index in [0.29, 0.717) is 38.8 Å². The van der Waals surface area contributed by atoms with Gasteiger partial charge >= 0.3 is 0 Å². The third-order valence-electron chi connectivity index (χ3n) is 4.05. The topological polar surface area (TPSA) is 68.0 Å². The highest BCUT2D eigenvalue weighted by atomic mass is 35.5. The Morgan fingerprint density at radius 2 is 1.81 bits per heavy atom. The van der Waals surface area contributed by atoms with Crippen molar-refractivity contribution in [3.8, 4) is 11.3 Å². The minimum Gasteiger partial charge on any atom is -0.335 e. The maximum Gasteiger partial charge on any atom is 0.259 e. The van der Waals surface area contributed by atoms with Crippen molar-refractivity contribution in [1.29, 1.82) is 0 Å². The highest BCUT2D eigenvalue weighted by Gasteiger charge is 2.20. The molecule has 4 aromatic rings. The number of benzene rings is 2. The highest BCUT2D eigenvalue weighted by Crippen LogP contribution is 2.28. The van der Waals surface area contributed by atoms with Gasteiger partial charge < -0.3 is 9.84 Å². The second-order valence-corrected chi connectivity index (χ2v) is 6.21. The van der Waals surface area contributed by atoms with E-state index in [0.717, 1.165) is 5.56 Å². The minimum absolute atomic E-state index is 0.297. The molecule has 0 aliphatic rings. The summed E-state index contributed by atoms with van der Waals surface area (Å²) in [6.45, 7) is 1.78. The van der Waals surface area contributed by atoms with Crippen LogP contribution in [0.1, 0.15) is 16.1 Å². The molecule has 0 spiro atoms. The third kappa shape index (κ3) is 2.93. The van der Waals surface area contributed by atoms with E-state index in [4.69, 9.17) is 16.1 Å². The number of aryl methyl sites for hydroxylation is 1. The van der Waals surface area contributed by atoms with E-state index in [1.54, 1.807) is 31.2 Å². The number of aromatic nitrogens is 2. The molecule has 0 saturated carbocycles. The number of hydrogen-bond acceptors (Lipinski definition) is 4. The van der Waals surface area contributed by atoms with Crippen LogP contribution in [0.2, 0.25) is 5.02 Å². The van der Waals surface area contributed by atoms with Gasteiger partial charge in [0, 0.05) is 5.56 Å². The van der Waals surface area contributed by atoms with Crippen molar-refractivity contribution in [2.45, 2.75) is 6.92 Å². The summed E-state index contributed by atoms with van der Waals surface area (Å²) >= 11 is 6.15. The molecule has 0 saturated heterocycles. The predicted molar refractivity (Wildman–Crippen MR) is 101 cm³/mol. The van der Waals surface area contributed by atoms with E-state index in [-0.39, 0.29) is 5.91 Å². The molecule has 5 nitrogen and oxygen atoms in total. The van der Waals surface area contributed by atoms with Gasteiger partial charge in [-0.1, -0.05) is 59.2 Å². The monoisotopic (exact) mass is 363 g/mol. The number of anilines is 1. The summed E-state index contributed by atoms with van der Waals surface area (Å²) in [4.78, 5) is 17.4. The number of pyridine rings is 1. The van der Waals surface area contributed by atoms with Crippen molar-refractivity contribution in [3.05, 3.63) is 76.9 Å². The molecule has 2 heterocycles. The number of rotatable bonds is 3. The number of nitrogens with zero attached hydrogens (tertiary/aromatic N) is 2. The fraction of sp³-hybridized carbons (Fsp3) is 0.0500. The average Bonchev–Trinajstić information content (AvgIpc) is 3.04. The molecule has 1 N–H and O–H groups in total. The van der Waals surface area contributed by atoms with Gasteiger partial charge in [-0.15, -0.1) is 0 Å². The number of carbonyl (C=O) groups is 1. The van der Waals surface area contributed by atoms with Gasteiger partial charge in [0.25, 0.3) is 11.6 Å². The van der Waals surface area contributed by atoms with Crippen LogP contribution in [0, 0.1) is 6.92 Å². The van der Waals surface area contributed by atoms with Gasteiger partial charge in [-0.2, -0.15) is 0 Å². The molecule has 0 bridgehead atoms. The van der Waals surface area contributed by atoms with Crippen molar-refractivity contribution in [3.63, 3.8) is 0 Å². The first kappa shape index (κ1) is 16.3. The van der Waals surface area contributed by atoms with Gasteiger partial charge in [0.1, 0.15) is 0 Å². The van der Waals surface area contributed by atoms with Crippen molar-refractivity contribution in [2.24, 2.45) is 0 Å². The molecule has 6 heteroatoms. The number of halogens is 1. The molecule has 4 rings (SSSR count). The van der Waals surface area contributed by atoms with Gasteiger partial charge in [-0.25, -0.2) is 4.98 Å². The Kier molecular flexibility index (Phi) is 4.14. The SMILES string of the molecule is Cc1noc2nc(-c3ccccc3)cc(C(=O)Nc3ccccc3Cl)c12. The van der Waals surface area contributed by atoms with E-state index in [1.165, 1.54) is 0 Å². The van der Waals surface area contributed by atoms with Gasteiger partial charge in [0.05, 0.1) is 33.0 Å². The van der Waals surface area contributed by atoms with Crippen LogP contribution in [0.25, 0.3) is 22.4 Å². The van der Waals surface area contributed by atoms with Crippen LogP contribution in [0.3, 0.4) is 0 Å². The van der Waals surface area contributed by atoms with Crippen molar-refractivity contribution >= 4 is 34.3 Å². The van der Waals surface area contributed by atoms with Crippen LogP contribution < -0.4 is 5.32 Å². The number of fused-ring (bicyclic) bond motifs is 1. The Bertz CT molecular complexity index is 1110. The minimum atomic E-state index is -0.297. The molecule has 2 aromatic heterocycles. The van der Waals surface area contributed by atoms with Crippen LogP contribution in [0.5, 0.6) is 0 Å². The van der Waals surface area contributed by atoms with Gasteiger partial charge in [-0.05, 0) is 25.1 Å². The van der Waals surface area contributed by atoms with E-state index in [2.05, 4.69) is 15.5 Å². The van der Waals surface area contributed by atoms with Crippen LogP contribution in [0.4, 0.5) is 5.69 Å². The maximum atomic E-state index is 12.9. The third-order valence-corrected chi connectivity index (χ3v) is 4.38. The summed E-state index contributed by atoms with van der Waals surface area (Å²) in [5, 5.41) is 7.86. The first-order valence-electron chi connectivity index (χ1n) is 8.02. The summed E-state index contributed by atoms with van der Waals surface area (Å²) in [5.41, 5.74) is 3.44. The Hall–Kier alpha value is -3.18. The smallest absolute Gasteiger partial charge is 0.259 e. The normalized spacial score (nSPS) is 10.8. The standard InChI is InChI=1S/C20H14ClN3O2/c1-12-18-14(19(25)22-16-10-6-5-9-15(16)21)11-17(23-20(18)26-24-12)13-7-3-2-4-8-13/h2-11H,1H3,(H,22,25). The zero-order valence-corrected chi connectivity index (χ0v) is 14.6. The molecule has 0 fully saturated rings. The van der Waals surface area contributed by atoms with Crippen LogP contribution >= 0.6 is 11.6 Å². The Morgan fingerprint density at radius 1 is 1.08 bits per heavy atom. The maximum absolute atomic E-state index is 12.9. The molecular formula is C20H14ClN3O2. The molecule has 0 aliphatic heterocycles. The number of carbonyl (C=O) groups excluding carboxylic acids is 1. The summed E-state index contributed by atoms with van der Waals surface area (Å²) in [6.07, 6.45) is 0. The molecule has 26 heavy (non-hydrogen) atoms. The molecule has 1 amide bonds. The Morgan fingerprint density at radius 3 is 2.58 bits per heavy atom. The quantitative estimate of drug-likeness (QED) is 0.549. The van der Waals surface area contributed by atoms with E-state index in [9.17, 15) is 4.79 Å². The lowest BCUT2D eigenvalue weighted by atomic mass is 10.0. The molecule has 128 valence electrons. The highest BCUT2D eigenvalue weighted by molar-refractivity contribution is 6.34.